The molecule has 0 aromatic carbocycles. The second-order valence-corrected chi connectivity index (χ2v) is 10.4. The van der Waals surface area contributed by atoms with Crippen molar-refractivity contribution in [2.75, 3.05) is 32.8 Å². The van der Waals surface area contributed by atoms with Crippen LogP contribution in [-0.4, -0.2) is 66.5 Å². The van der Waals surface area contributed by atoms with Gasteiger partial charge in [-0.1, -0.05) is 6.92 Å². The van der Waals surface area contributed by atoms with Gasteiger partial charge in [0.15, 0.2) is 0 Å². The van der Waals surface area contributed by atoms with E-state index >= 15 is 0 Å². The minimum Gasteiger partial charge on any atom is -0.465 e. The van der Waals surface area contributed by atoms with Crippen LogP contribution in [0.15, 0.2) is 11.8 Å². The molecule has 0 aromatic heterocycles. The molecule has 5 aliphatic rings. The molecule has 5 unspecified atom stereocenters. The summed E-state index contributed by atoms with van der Waals surface area (Å²) in [5, 5.41) is 0. The normalized spacial score (nSPS) is 37.7. The first-order valence-electron chi connectivity index (χ1n) is 12.0. The molecule has 0 bridgehead atoms. The van der Waals surface area contributed by atoms with Crippen LogP contribution >= 0.6 is 0 Å². The molecular weight excluding hydrogens is 396 g/mol. The molecule has 4 fully saturated rings. The van der Waals surface area contributed by atoms with Crippen LogP contribution in [0.3, 0.4) is 0 Å². The molecule has 170 valence electrons. The van der Waals surface area contributed by atoms with Crippen molar-refractivity contribution in [2.24, 2.45) is 29.1 Å². The molecule has 1 spiro atoms. The number of fused-ring (bicyclic) bond motifs is 1. The molecule has 0 aromatic rings. The molecule has 31 heavy (non-hydrogen) atoms. The molecule has 4 aliphatic heterocycles. The van der Waals surface area contributed by atoms with Gasteiger partial charge in [-0.15, -0.1) is 0 Å². The zero-order chi connectivity index (χ0) is 21.8. The molecule has 1 amide bonds. The van der Waals surface area contributed by atoms with Gasteiger partial charge in [-0.05, 0) is 76.9 Å². The fraction of sp³-hybridized carbons (Fsp3) is 0.792. The zero-order valence-corrected chi connectivity index (χ0v) is 18.7. The van der Waals surface area contributed by atoms with Crippen molar-refractivity contribution >= 4 is 17.8 Å². The Balaban J connectivity index is 1.13. The number of hydrogen-bond donors (Lipinski definition) is 0. The molecule has 5 atom stereocenters. The zero-order valence-electron chi connectivity index (χ0n) is 18.7. The van der Waals surface area contributed by atoms with Gasteiger partial charge in [-0.2, -0.15) is 0 Å². The minimum atomic E-state index is -0.345. The van der Waals surface area contributed by atoms with Crippen LogP contribution in [0, 0.1) is 29.1 Å². The fourth-order valence-corrected chi connectivity index (χ4v) is 6.73. The Kier molecular flexibility index (Phi) is 5.35. The van der Waals surface area contributed by atoms with Crippen molar-refractivity contribution in [3.63, 3.8) is 0 Å². The summed E-state index contributed by atoms with van der Waals surface area (Å²) in [5.41, 5.74) is 0.462. The maximum Gasteiger partial charge on any atom is 0.333 e. The first-order chi connectivity index (χ1) is 14.9. The molecule has 4 heterocycles. The summed E-state index contributed by atoms with van der Waals surface area (Å²) in [6.07, 6.45) is 7.07. The molecule has 0 N–H and O–H groups in total. The van der Waals surface area contributed by atoms with Crippen molar-refractivity contribution in [2.45, 2.75) is 58.5 Å². The van der Waals surface area contributed by atoms with Gasteiger partial charge < -0.3 is 19.3 Å². The second-order valence-electron chi connectivity index (χ2n) is 10.4. The first kappa shape index (κ1) is 21.0. The highest BCUT2D eigenvalue weighted by atomic mass is 16.5. The van der Waals surface area contributed by atoms with E-state index in [0.717, 1.165) is 63.9 Å². The number of ether oxygens (including phenoxy) is 2. The number of hydrogen-bond acceptors (Lipinski definition) is 6. The Morgan fingerprint density at radius 2 is 1.81 bits per heavy atom. The highest BCUT2D eigenvalue weighted by molar-refractivity contribution is 5.91. The minimum absolute atomic E-state index is 0.0191. The quantitative estimate of drug-likeness (QED) is 0.638. The SMILES string of the molecule is CC1OC(=O)C=C1N1CCC2(CCN(CCC3CCC4C(=O)OCC4C3C)CC2)C1=O. The molecular formula is C24H34N2O5. The Labute approximate surface area is 184 Å². The van der Waals surface area contributed by atoms with E-state index in [2.05, 4.69) is 11.8 Å². The lowest BCUT2D eigenvalue weighted by molar-refractivity contribution is -0.142. The number of nitrogens with zero attached hydrogens (tertiary/aromatic N) is 2. The van der Waals surface area contributed by atoms with E-state index in [4.69, 9.17) is 9.47 Å². The third-order valence-corrected chi connectivity index (χ3v) is 8.93. The van der Waals surface area contributed by atoms with Gasteiger partial charge in [0.1, 0.15) is 6.10 Å². The number of carbonyl (C=O) groups is 3. The highest BCUT2D eigenvalue weighted by Gasteiger charge is 2.50. The van der Waals surface area contributed by atoms with Crippen LogP contribution in [0.1, 0.15) is 52.4 Å². The first-order valence-corrected chi connectivity index (χ1v) is 12.0. The van der Waals surface area contributed by atoms with E-state index in [1.165, 1.54) is 6.08 Å². The number of likely N-dealkylation sites (tertiary alicyclic amines) is 2. The number of rotatable bonds is 4. The predicted octanol–water partition coefficient (Wildman–Crippen LogP) is 2.36. The van der Waals surface area contributed by atoms with Crippen molar-refractivity contribution < 1.29 is 23.9 Å². The molecule has 7 nitrogen and oxygen atoms in total. The van der Waals surface area contributed by atoms with Gasteiger partial charge in [-0.25, -0.2) is 4.79 Å². The summed E-state index contributed by atoms with van der Waals surface area (Å²) in [6.45, 7) is 8.41. The standard InChI is InChI=1S/C24H34N2O5/c1-15-17(3-4-18-19(15)14-30-22(18)28)5-9-25-10-6-24(7-11-25)8-12-26(23(24)29)20-13-21(27)31-16(20)2/h13,15-19H,3-12,14H2,1-2H3. The number of amides is 1. The Morgan fingerprint density at radius 3 is 2.52 bits per heavy atom. The van der Waals surface area contributed by atoms with Crippen LogP contribution in [0.25, 0.3) is 0 Å². The summed E-state index contributed by atoms with van der Waals surface area (Å²) < 4.78 is 10.5. The number of carbonyl (C=O) groups excluding carboxylic acids is 3. The number of esters is 2. The Hall–Kier alpha value is -1.89. The number of piperidine rings is 1. The smallest absolute Gasteiger partial charge is 0.333 e. The third kappa shape index (κ3) is 3.59. The van der Waals surface area contributed by atoms with Crippen LogP contribution in [0.4, 0.5) is 0 Å². The number of cyclic esters (lactones) is 2. The van der Waals surface area contributed by atoms with Crippen LogP contribution < -0.4 is 0 Å². The molecule has 1 saturated carbocycles. The van der Waals surface area contributed by atoms with Gasteiger partial charge in [0.25, 0.3) is 0 Å². The second kappa shape index (κ2) is 7.91. The van der Waals surface area contributed by atoms with Crippen molar-refractivity contribution in [3.8, 4) is 0 Å². The predicted molar refractivity (Wildman–Crippen MR) is 113 cm³/mol. The van der Waals surface area contributed by atoms with Crippen molar-refractivity contribution in [1.29, 1.82) is 0 Å². The van der Waals surface area contributed by atoms with Crippen LogP contribution in [0.2, 0.25) is 0 Å². The van der Waals surface area contributed by atoms with Crippen LogP contribution in [0.5, 0.6) is 0 Å². The lowest BCUT2D eigenvalue weighted by atomic mass is 9.67. The van der Waals surface area contributed by atoms with E-state index in [-0.39, 0.29) is 35.3 Å². The Morgan fingerprint density at radius 1 is 1.06 bits per heavy atom. The average molecular weight is 431 g/mol. The highest BCUT2D eigenvalue weighted by Crippen LogP contribution is 2.46. The summed E-state index contributed by atoms with van der Waals surface area (Å²) in [5.74, 6) is 1.59. The van der Waals surface area contributed by atoms with E-state index in [1.807, 2.05) is 6.92 Å². The molecule has 1 aliphatic carbocycles. The average Bonchev–Trinajstić information content (AvgIpc) is 3.39. The maximum absolute atomic E-state index is 13.3. The fourth-order valence-electron chi connectivity index (χ4n) is 6.73. The maximum atomic E-state index is 13.3. The monoisotopic (exact) mass is 430 g/mol. The topological polar surface area (TPSA) is 76.2 Å². The summed E-state index contributed by atoms with van der Waals surface area (Å²) in [6, 6.07) is 0. The summed E-state index contributed by atoms with van der Waals surface area (Å²) >= 11 is 0. The third-order valence-electron chi connectivity index (χ3n) is 8.93. The van der Waals surface area contributed by atoms with Crippen molar-refractivity contribution in [1.82, 2.24) is 9.80 Å². The van der Waals surface area contributed by atoms with Crippen LogP contribution in [-0.2, 0) is 23.9 Å². The molecule has 7 heteroatoms. The van der Waals surface area contributed by atoms with Gasteiger partial charge in [0.05, 0.1) is 23.6 Å². The molecule has 5 rings (SSSR count). The van der Waals surface area contributed by atoms with E-state index in [9.17, 15) is 14.4 Å². The van der Waals surface area contributed by atoms with Gasteiger partial charge >= 0.3 is 11.9 Å². The molecule has 0 radical (unpaired) electrons. The van der Waals surface area contributed by atoms with E-state index in [1.54, 1.807) is 4.90 Å². The largest absolute Gasteiger partial charge is 0.465 e. The lowest BCUT2D eigenvalue weighted by Crippen LogP contribution is -2.45. The molecule has 3 saturated heterocycles. The van der Waals surface area contributed by atoms with Crippen molar-refractivity contribution in [3.05, 3.63) is 11.8 Å². The van der Waals surface area contributed by atoms with Gasteiger partial charge in [0.2, 0.25) is 5.91 Å². The lowest BCUT2D eigenvalue weighted by Gasteiger charge is -2.40. The summed E-state index contributed by atoms with van der Waals surface area (Å²) in [4.78, 5) is 41.0. The van der Waals surface area contributed by atoms with E-state index < -0.39 is 0 Å². The summed E-state index contributed by atoms with van der Waals surface area (Å²) in [7, 11) is 0. The van der Waals surface area contributed by atoms with Gasteiger partial charge in [0, 0.05) is 18.5 Å². The van der Waals surface area contributed by atoms with E-state index in [0.29, 0.717) is 30.9 Å². The van der Waals surface area contributed by atoms with Gasteiger partial charge in [-0.3, -0.25) is 9.59 Å². The Bertz CT molecular complexity index is 800.